The Morgan fingerprint density at radius 1 is 1.11 bits per heavy atom. The van der Waals surface area contributed by atoms with Crippen molar-refractivity contribution in [2.24, 2.45) is 11.8 Å². The molecule has 1 saturated carbocycles. The Morgan fingerprint density at radius 3 is 2.32 bits per heavy atom. The molecule has 0 heterocycles. The molecule has 0 aromatic heterocycles. The van der Waals surface area contributed by atoms with Crippen LogP contribution in [0.4, 0.5) is 0 Å². The number of hydrogen-bond donors (Lipinski definition) is 1. The molecule has 2 heteroatoms. The first-order valence-corrected chi connectivity index (χ1v) is 8.23. The fraction of sp³-hybridized carbons (Fsp3) is 1.00. The summed E-state index contributed by atoms with van der Waals surface area (Å²) in [6.45, 7) is 10.1. The van der Waals surface area contributed by atoms with Crippen LogP contribution in [0.25, 0.3) is 0 Å². The lowest BCUT2D eigenvalue weighted by Crippen LogP contribution is -2.33. The molecule has 2 nitrogen and oxygen atoms in total. The van der Waals surface area contributed by atoms with Crippen LogP contribution in [-0.4, -0.2) is 25.3 Å². The molecule has 0 saturated heterocycles. The van der Waals surface area contributed by atoms with E-state index in [0.29, 0.717) is 6.04 Å². The monoisotopic (exact) mass is 269 g/mol. The molecule has 0 aromatic rings. The predicted molar refractivity (Wildman–Crippen MR) is 83.5 cm³/mol. The highest BCUT2D eigenvalue weighted by Gasteiger charge is 2.26. The van der Waals surface area contributed by atoms with Gasteiger partial charge in [0.1, 0.15) is 0 Å². The highest BCUT2D eigenvalue weighted by atomic mass is 16.5. The molecule has 1 fully saturated rings. The molecule has 0 bridgehead atoms. The Hall–Kier alpha value is -0.0800. The van der Waals surface area contributed by atoms with Crippen molar-refractivity contribution in [2.45, 2.75) is 84.3 Å². The first-order chi connectivity index (χ1) is 8.94. The van der Waals surface area contributed by atoms with Crippen LogP contribution in [0.2, 0.25) is 0 Å². The van der Waals surface area contributed by atoms with Crippen molar-refractivity contribution in [1.82, 2.24) is 5.32 Å². The molecule has 114 valence electrons. The van der Waals surface area contributed by atoms with Gasteiger partial charge in [0.2, 0.25) is 0 Å². The summed E-state index contributed by atoms with van der Waals surface area (Å²) >= 11 is 0. The van der Waals surface area contributed by atoms with Gasteiger partial charge >= 0.3 is 0 Å². The molecule has 1 aliphatic carbocycles. The van der Waals surface area contributed by atoms with E-state index in [1.165, 1.54) is 51.5 Å². The maximum absolute atomic E-state index is 5.58. The van der Waals surface area contributed by atoms with E-state index in [-0.39, 0.29) is 5.60 Å². The first kappa shape index (κ1) is 17.0. The Morgan fingerprint density at radius 2 is 1.74 bits per heavy atom. The number of ether oxygens (including phenoxy) is 1. The Bertz CT molecular complexity index is 237. The second kappa shape index (κ2) is 8.26. The van der Waals surface area contributed by atoms with Crippen molar-refractivity contribution in [3.05, 3.63) is 0 Å². The van der Waals surface area contributed by atoms with Crippen LogP contribution in [-0.2, 0) is 4.74 Å². The van der Waals surface area contributed by atoms with Crippen molar-refractivity contribution in [3.8, 4) is 0 Å². The van der Waals surface area contributed by atoms with Gasteiger partial charge in [0.25, 0.3) is 0 Å². The molecule has 1 aliphatic rings. The minimum atomic E-state index is 0.0440. The van der Waals surface area contributed by atoms with Gasteiger partial charge in [-0.2, -0.15) is 0 Å². The number of nitrogens with one attached hydrogen (secondary N) is 1. The van der Waals surface area contributed by atoms with Crippen LogP contribution >= 0.6 is 0 Å². The van der Waals surface area contributed by atoms with Gasteiger partial charge in [-0.15, -0.1) is 0 Å². The molecular formula is C17H35NO. The van der Waals surface area contributed by atoms with Crippen LogP contribution in [0.1, 0.15) is 72.6 Å². The standard InChI is InChI=1S/C17H35NO/c1-14(2)18-13-16-10-8-6-7-9-15(16)11-12-17(3,4)19-5/h14-16,18H,6-13H2,1-5H3. The topological polar surface area (TPSA) is 21.3 Å². The summed E-state index contributed by atoms with van der Waals surface area (Å²) in [5.41, 5.74) is 0.0440. The van der Waals surface area contributed by atoms with Crippen LogP contribution in [0.5, 0.6) is 0 Å². The van der Waals surface area contributed by atoms with Gasteiger partial charge in [0.05, 0.1) is 5.60 Å². The highest BCUT2D eigenvalue weighted by Crippen LogP contribution is 2.33. The second-order valence-corrected chi connectivity index (χ2v) is 7.22. The zero-order valence-electron chi connectivity index (χ0n) is 13.8. The second-order valence-electron chi connectivity index (χ2n) is 7.22. The van der Waals surface area contributed by atoms with E-state index in [4.69, 9.17) is 4.74 Å². The maximum Gasteiger partial charge on any atom is 0.0622 e. The smallest absolute Gasteiger partial charge is 0.0622 e. The van der Waals surface area contributed by atoms with Crippen LogP contribution in [0.15, 0.2) is 0 Å². The summed E-state index contributed by atoms with van der Waals surface area (Å²) in [6, 6.07) is 0.610. The van der Waals surface area contributed by atoms with E-state index in [9.17, 15) is 0 Å². The third-order valence-electron chi connectivity index (χ3n) is 4.77. The summed E-state index contributed by atoms with van der Waals surface area (Å²) in [4.78, 5) is 0. The van der Waals surface area contributed by atoms with Crippen molar-refractivity contribution >= 4 is 0 Å². The lowest BCUT2D eigenvalue weighted by Gasteiger charge is -2.30. The summed E-state index contributed by atoms with van der Waals surface area (Å²) in [7, 11) is 1.84. The molecular weight excluding hydrogens is 234 g/mol. The first-order valence-electron chi connectivity index (χ1n) is 8.23. The van der Waals surface area contributed by atoms with Gasteiger partial charge < -0.3 is 10.1 Å². The Labute approximate surface area is 120 Å². The minimum absolute atomic E-state index is 0.0440. The van der Waals surface area contributed by atoms with Crippen molar-refractivity contribution < 1.29 is 4.74 Å². The molecule has 0 radical (unpaired) electrons. The molecule has 0 amide bonds. The van der Waals surface area contributed by atoms with E-state index in [1.807, 2.05) is 7.11 Å². The Balaban J connectivity index is 2.48. The van der Waals surface area contributed by atoms with Gasteiger partial charge in [0, 0.05) is 13.2 Å². The molecule has 2 atom stereocenters. The third-order valence-corrected chi connectivity index (χ3v) is 4.77. The van der Waals surface area contributed by atoms with Gasteiger partial charge in [-0.05, 0) is 51.5 Å². The summed E-state index contributed by atoms with van der Waals surface area (Å²) in [5, 5.41) is 3.65. The molecule has 0 aromatic carbocycles. The van der Waals surface area contributed by atoms with Crippen LogP contribution < -0.4 is 5.32 Å². The van der Waals surface area contributed by atoms with E-state index in [2.05, 4.69) is 33.0 Å². The molecule has 2 unspecified atom stereocenters. The molecule has 1 rings (SSSR count). The lowest BCUT2D eigenvalue weighted by atomic mass is 9.82. The fourth-order valence-electron chi connectivity index (χ4n) is 3.13. The zero-order valence-corrected chi connectivity index (χ0v) is 13.8. The quantitative estimate of drug-likeness (QED) is 0.692. The number of methoxy groups -OCH3 is 1. The number of hydrogen-bond acceptors (Lipinski definition) is 2. The lowest BCUT2D eigenvalue weighted by molar-refractivity contribution is 0.00776. The Kier molecular flexibility index (Phi) is 7.38. The average molecular weight is 269 g/mol. The molecule has 19 heavy (non-hydrogen) atoms. The molecule has 0 aliphatic heterocycles. The highest BCUT2D eigenvalue weighted by molar-refractivity contribution is 4.79. The average Bonchev–Trinajstić information content (AvgIpc) is 2.59. The number of rotatable bonds is 7. The van der Waals surface area contributed by atoms with E-state index in [1.54, 1.807) is 0 Å². The van der Waals surface area contributed by atoms with E-state index in [0.717, 1.165) is 11.8 Å². The van der Waals surface area contributed by atoms with Gasteiger partial charge in [-0.25, -0.2) is 0 Å². The normalized spacial score (nSPS) is 25.6. The maximum atomic E-state index is 5.58. The third kappa shape index (κ3) is 6.76. The molecule has 0 spiro atoms. The predicted octanol–water partition coefficient (Wildman–Crippen LogP) is 4.39. The zero-order chi connectivity index (χ0) is 14.3. The fourth-order valence-corrected chi connectivity index (χ4v) is 3.13. The van der Waals surface area contributed by atoms with Crippen molar-refractivity contribution in [3.63, 3.8) is 0 Å². The van der Waals surface area contributed by atoms with Gasteiger partial charge in [-0.1, -0.05) is 39.5 Å². The summed E-state index contributed by atoms with van der Waals surface area (Å²) < 4.78 is 5.58. The van der Waals surface area contributed by atoms with Crippen molar-refractivity contribution in [1.29, 1.82) is 0 Å². The minimum Gasteiger partial charge on any atom is -0.379 e. The van der Waals surface area contributed by atoms with Gasteiger partial charge in [-0.3, -0.25) is 0 Å². The molecule has 1 N–H and O–H groups in total. The van der Waals surface area contributed by atoms with E-state index < -0.39 is 0 Å². The van der Waals surface area contributed by atoms with Crippen LogP contribution in [0.3, 0.4) is 0 Å². The van der Waals surface area contributed by atoms with Crippen molar-refractivity contribution in [2.75, 3.05) is 13.7 Å². The van der Waals surface area contributed by atoms with Gasteiger partial charge in [0.15, 0.2) is 0 Å². The van der Waals surface area contributed by atoms with E-state index >= 15 is 0 Å². The SMILES string of the molecule is COC(C)(C)CCC1CCCCCC1CNC(C)C. The summed E-state index contributed by atoms with van der Waals surface area (Å²) in [6.07, 6.45) is 9.63. The van der Waals surface area contributed by atoms with Crippen LogP contribution in [0, 0.1) is 11.8 Å². The largest absolute Gasteiger partial charge is 0.379 e. The summed E-state index contributed by atoms with van der Waals surface area (Å²) in [5.74, 6) is 1.76.